The zero-order chi connectivity index (χ0) is 26.9. The Kier molecular flexibility index (Phi) is 6.45. The lowest BCUT2D eigenvalue weighted by Crippen LogP contribution is -2.35. The minimum Gasteiger partial charge on any atom is -0.353 e. The third-order valence-corrected chi connectivity index (χ3v) is 7.04. The van der Waals surface area contributed by atoms with Gasteiger partial charge >= 0.3 is 0 Å². The van der Waals surface area contributed by atoms with E-state index in [0.29, 0.717) is 18.2 Å². The number of aromatic amines is 2. The Morgan fingerprint density at radius 2 is 1.95 bits per heavy atom. The number of aromatic nitrogens is 5. The van der Waals surface area contributed by atoms with Gasteiger partial charge in [0.25, 0.3) is 11.5 Å². The summed E-state index contributed by atoms with van der Waals surface area (Å²) in [5.74, 6) is -0.614. The molecule has 0 radical (unpaired) electrons. The highest BCUT2D eigenvalue weighted by molar-refractivity contribution is 6.29. The first-order valence-electron chi connectivity index (χ1n) is 12.5. The zero-order valence-electron chi connectivity index (χ0n) is 20.8. The van der Waals surface area contributed by atoms with Crippen LogP contribution in [0, 0.1) is 0 Å². The molecule has 2 amide bonds. The van der Waals surface area contributed by atoms with E-state index in [9.17, 15) is 14.4 Å². The fraction of sp³-hybridized carbons (Fsp3) is 0.179. The predicted molar refractivity (Wildman–Crippen MR) is 146 cm³/mol. The van der Waals surface area contributed by atoms with Gasteiger partial charge in [-0.2, -0.15) is 5.10 Å². The first-order valence-corrected chi connectivity index (χ1v) is 12.8. The van der Waals surface area contributed by atoms with E-state index in [1.165, 1.54) is 10.6 Å². The number of pyridine rings is 2. The van der Waals surface area contributed by atoms with Crippen LogP contribution in [0.4, 0.5) is 0 Å². The molecule has 1 aliphatic rings. The molecule has 0 bridgehead atoms. The van der Waals surface area contributed by atoms with Gasteiger partial charge in [-0.25, -0.2) is 4.98 Å². The van der Waals surface area contributed by atoms with E-state index in [-0.39, 0.29) is 31.0 Å². The molecule has 4 aromatic heterocycles. The standard InChI is InChI=1S/C28H24ClN7O3/c29-24-8-7-17(13-31-24)14-35-11-3-5-19(28(35)39)27(38)30-10-9-25(37)36-15-20-23(16-36)33-34-26(20)22-12-18-4-1-2-6-21(18)32-22/h1-8,11-13,32H,9-10,14-16H2,(H,30,38)(H,33,34). The molecule has 0 saturated heterocycles. The molecular formula is C28H24ClN7O3. The number of para-hydroxylation sites is 1. The van der Waals surface area contributed by atoms with Crippen LogP contribution in [-0.2, 0) is 24.4 Å². The number of nitrogens with one attached hydrogen (secondary N) is 3. The van der Waals surface area contributed by atoms with Crippen molar-refractivity contribution in [3.05, 3.63) is 105 Å². The molecular weight excluding hydrogens is 518 g/mol. The average molecular weight is 542 g/mol. The minimum atomic E-state index is -0.520. The second-order valence-corrected chi connectivity index (χ2v) is 9.79. The SMILES string of the molecule is O=C(NCCC(=O)N1Cc2[nH]nc(-c3cc4ccccc4[nH]3)c2C1)c1cccn(Cc2ccc(Cl)nc2)c1=O. The van der Waals surface area contributed by atoms with Crippen molar-refractivity contribution in [2.75, 3.05) is 6.54 Å². The van der Waals surface area contributed by atoms with Gasteiger partial charge in [0.2, 0.25) is 5.91 Å². The van der Waals surface area contributed by atoms with Crippen LogP contribution in [0.2, 0.25) is 5.15 Å². The number of rotatable bonds is 7. The third-order valence-electron chi connectivity index (χ3n) is 6.82. The summed E-state index contributed by atoms with van der Waals surface area (Å²) < 4.78 is 1.43. The molecule has 0 atom stereocenters. The number of nitrogens with zero attached hydrogens (tertiary/aromatic N) is 4. The Bertz CT molecular complexity index is 1720. The maximum atomic E-state index is 12.9. The van der Waals surface area contributed by atoms with Crippen LogP contribution < -0.4 is 10.9 Å². The van der Waals surface area contributed by atoms with E-state index in [4.69, 9.17) is 11.6 Å². The van der Waals surface area contributed by atoms with Crippen LogP contribution in [0.25, 0.3) is 22.3 Å². The van der Waals surface area contributed by atoms with Gasteiger partial charge in [0.05, 0.1) is 31.0 Å². The Labute approximate surface area is 227 Å². The topological polar surface area (TPSA) is 129 Å². The Morgan fingerprint density at radius 3 is 2.77 bits per heavy atom. The van der Waals surface area contributed by atoms with Crippen molar-refractivity contribution in [2.45, 2.75) is 26.1 Å². The molecule has 3 N–H and O–H groups in total. The van der Waals surface area contributed by atoms with Crippen molar-refractivity contribution >= 4 is 34.3 Å². The maximum Gasteiger partial charge on any atom is 0.263 e. The van der Waals surface area contributed by atoms with Crippen LogP contribution in [0.1, 0.15) is 33.6 Å². The molecule has 0 aliphatic carbocycles. The van der Waals surface area contributed by atoms with Gasteiger partial charge in [-0.05, 0) is 35.9 Å². The van der Waals surface area contributed by atoms with Gasteiger partial charge in [-0.1, -0.05) is 35.9 Å². The van der Waals surface area contributed by atoms with E-state index in [1.54, 1.807) is 35.5 Å². The smallest absolute Gasteiger partial charge is 0.263 e. The van der Waals surface area contributed by atoms with Crippen molar-refractivity contribution < 1.29 is 9.59 Å². The molecule has 0 fully saturated rings. The number of H-pyrrole nitrogens is 2. The number of carbonyl (C=O) groups excluding carboxylic acids is 2. The lowest BCUT2D eigenvalue weighted by Gasteiger charge is -2.16. The Hall–Kier alpha value is -4.70. The molecule has 6 rings (SSSR count). The van der Waals surface area contributed by atoms with Crippen molar-refractivity contribution in [3.8, 4) is 11.4 Å². The summed E-state index contributed by atoms with van der Waals surface area (Å²) in [7, 11) is 0. The first-order chi connectivity index (χ1) is 19.0. The predicted octanol–water partition coefficient (Wildman–Crippen LogP) is 3.48. The van der Waals surface area contributed by atoms with Crippen LogP contribution >= 0.6 is 11.6 Å². The molecule has 0 saturated carbocycles. The van der Waals surface area contributed by atoms with E-state index in [2.05, 4.69) is 31.5 Å². The third kappa shape index (κ3) is 4.94. The van der Waals surface area contributed by atoms with Gasteiger partial charge < -0.3 is 19.8 Å². The molecule has 0 unspecified atom stereocenters. The summed E-state index contributed by atoms with van der Waals surface area (Å²) in [6.07, 6.45) is 3.31. The number of amides is 2. The number of carbonyl (C=O) groups is 2. The normalized spacial score (nSPS) is 12.6. The van der Waals surface area contributed by atoms with E-state index < -0.39 is 11.5 Å². The largest absolute Gasteiger partial charge is 0.353 e. The van der Waals surface area contributed by atoms with Crippen molar-refractivity contribution in [2.24, 2.45) is 0 Å². The van der Waals surface area contributed by atoms with E-state index in [1.807, 2.05) is 24.3 Å². The molecule has 196 valence electrons. The number of benzene rings is 1. The quantitative estimate of drug-likeness (QED) is 0.272. The number of hydrogen-bond acceptors (Lipinski definition) is 5. The molecule has 39 heavy (non-hydrogen) atoms. The second-order valence-electron chi connectivity index (χ2n) is 9.40. The van der Waals surface area contributed by atoms with E-state index >= 15 is 0 Å². The van der Waals surface area contributed by atoms with Crippen LogP contribution in [-0.4, -0.2) is 48.0 Å². The summed E-state index contributed by atoms with van der Waals surface area (Å²) in [5, 5.41) is 11.7. The summed E-state index contributed by atoms with van der Waals surface area (Å²) >= 11 is 5.82. The van der Waals surface area contributed by atoms with Crippen LogP contribution in [0.5, 0.6) is 0 Å². The molecule has 1 aromatic carbocycles. The second kappa shape index (κ2) is 10.2. The Balaban J connectivity index is 1.06. The number of fused-ring (bicyclic) bond motifs is 2. The molecule has 10 nitrogen and oxygen atoms in total. The highest BCUT2D eigenvalue weighted by atomic mass is 35.5. The fourth-order valence-electron chi connectivity index (χ4n) is 4.81. The molecule has 11 heteroatoms. The van der Waals surface area contributed by atoms with Gasteiger partial charge in [-0.15, -0.1) is 0 Å². The number of hydrogen-bond donors (Lipinski definition) is 3. The van der Waals surface area contributed by atoms with Gasteiger partial charge in [0.1, 0.15) is 16.4 Å². The number of halogens is 1. The maximum absolute atomic E-state index is 12.9. The summed E-state index contributed by atoms with van der Waals surface area (Å²) in [4.78, 5) is 47.7. The Morgan fingerprint density at radius 1 is 1.08 bits per heavy atom. The average Bonchev–Trinajstić information content (AvgIpc) is 3.65. The van der Waals surface area contributed by atoms with Gasteiger partial charge in [0, 0.05) is 41.8 Å². The van der Waals surface area contributed by atoms with Crippen molar-refractivity contribution in [3.63, 3.8) is 0 Å². The van der Waals surface area contributed by atoms with Crippen molar-refractivity contribution in [1.29, 1.82) is 0 Å². The highest BCUT2D eigenvalue weighted by Gasteiger charge is 2.29. The summed E-state index contributed by atoms with van der Waals surface area (Å²) in [6.45, 7) is 1.24. The monoisotopic (exact) mass is 541 g/mol. The molecule has 0 spiro atoms. The molecule has 1 aliphatic heterocycles. The fourth-order valence-corrected chi connectivity index (χ4v) is 4.92. The lowest BCUT2D eigenvalue weighted by atomic mass is 10.1. The lowest BCUT2D eigenvalue weighted by molar-refractivity contribution is -0.131. The summed E-state index contributed by atoms with van der Waals surface area (Å²) in [5.41, 5.74) is 4.99. The van der Waals surface area contributed by atoms with E-state index in [0.717, 1.165) is 39.1 Å². The molecule has 5 heterocycles. The van der Waals surface area contributed by atoms with Crippen LogP contribution in [0.15, 0.2) is 71.8 Å². The highest BCUT2D eigenvalue weighted by Crippen LogP contribution is 2.32. The van der Waals surface area contributed by atoms with Gasteiger partial charge in [-0.3, -0.25) is 19.5 Å². The molecule has 5 aromatic rings. The zero-order valence-corrected chi connectivity index (χ0v) is 21.5. The van der Waals surface area contributed by atoms with Crippen molar-refractivity contribution in [1.82, 2.24) is 34.9 Å². The minimum absolute atomic E-state index is 0.0112. The van der Waals surface area contributed by atoms with Crippen LogP contribution in [0.3, 0.4) is 0 Å². The first kappa shape index (κ1) is 24.6. The van der Waals surface area contributed by atoms with Gasteiger partial charge in [0.15, 0.2) is 0 Å². The summed E-state index contributed by atoms with van der Waals surface area (Å²) in [6, 6.07) is 16.6.